The van der Waals surface area contributed by atoms with E-state index in [-0.39, 0.29) is 30.5 Å². The molecule has 0 aromatic heterocycles. The summed E-state index contributed by atoms with van der Waals surface area (Å²) in [7, 11) is 1.57. The van der Waals surface area contributed by atoms with Crippen molar-refractivity contribution in [3.63, 3.8) is 0 Å². The average molecular weight is 342 g/mol. The predicted octanol–water partition coefficient (Wildman–Crippen LogP) is 2.50. The lowest BCUT2D eigenvalue weighted by molar-refractivity contribution is -0.126. The predicted molar refractivity (Wildman–Crippen MR) is 91.7 cm³/mol. The van der Waals surface area contributed by atoms with Crippen LogP contribution in [0.1, 0.15) is 12.0 Å². The van der Waals surface area contributed by atoms with Crippen LogP contribution in [0.3, 0.4) is 0 Å². The largest absolute Gasteiger partial charge is 0.496 e. The van der Waals surface area contributed by atoms with Crippen molar-refractivity contribution in [3.8, 4) is 5.75 Å². The molecule has 25 heavy (non-hydrogen) atoms. The molecule has 1 N–H and O–H groups in total. The number of para-hydroxylation sites is 2. The Labute approximate surface area is 145 Å². The molecule has 2 amide bonds. The van der Waals surface area contributed by atoms with Crippen LogP contribution < -0.4 is 15.0 Å². The molecular weight excluding hydrogens is 323 g/mol. The first-order chi connectivity index (χ1) is 12.1. The molecule has 1 fully saturated rings. The van der Waals surface area contributed by atoms with Crippen LogP contribution in [0, 0.1) is 11.7 Å². The standard InChI is InChI=1S/C19H19FN2O3/c1-25-17-9-5-2-6-13(17)11-21-19(24)14-10-18(23)22(12-14)16-8-4-3-7-15(16)20/h2-9,14H,10-12H2,1H3,(H,21,24). The van der Waals surface area contributed by atoms with E-state index >= 15 is 0 Å². The molecule has 6 heteroatoms. The summed E-state index contributed by atoms with van der Waals surface area (Å²) in [6.45, 7) is 0.491. The number of carbonyl (C=O) groups excluding carboxylic acids is 2. The lowest BCUT2D eigenvalue weighted by Crippen LogP contribution is -2.32. The number of ether oxygens (including phenoxy) is 1. The molecule has 2 aromatic rings. The van der Waals surface area contributed by atoms with Crippen molar-refractivity contribution < 1.29 is 18.7 Å². The fourth-order valence-corrected chi connectivity index (χ4v) is 2.96. The van der Waals surface area contributed by atoms with E-state index < -0.39 is 11.7 Å². The van der Waals surface area contributed by atoms with Gasteiger partial charge in [-0.1, -0.05) is 30.3 Å². The lowest BCUT2D eigenvalue weighted by atomic mass is 10.1. The van der Waals surface area contributed by atoms with Crippen LogP contribution in [0.15, 0.2) is 48.5 Å². The number of hydrogen-bond donors (Lipinski definition) is 1. The topological polar surface area (TPSA) is 58.6 Å². The van der Waals surface area contributed by atoms with Crippen molar-refractivity contribution in [2.45, 2.75) is 13.0 Å². The zero-order valence-electron chi connectivity index (χ0n) is 13.9. The number of carbonyl (C=O) groups is 2. The molecule has 0 radical (unpaired) electrons. The molecule has 5 nitrogen and oxygen atoms in total. The molecule has 3 rings (SSSR count). The van der Waals surface area contributed by atoms with Crippen molar-refractivity contribution in [2.24, 2.45) is 5.92 Å². The third kappa shape index (κ3) is 3.63. The second kappa shape index (κ2) is 7.34. The maximum absolute atomic E-state index is 13.9. The van der Waals surface area contributed by atoms with Crippen molar-refractivity contribution in [1.82, 2.24) is 5.32 Å². The van der Waals surface area contributed by atoms with E-state index in [1.165, 1.54) is 11.0 Å². The maximum atomic E-state index is 13.9. The van der Waals surface area contributed by atoms with E-state index in [9.17, 15) is 14.0 Å². The van der Waals surface area contributed by atoms with E-state index in [2.05, 4.69) is 5.32 Å². The fraction of sp³-hybridized carbons (Fsp3) is 0.263. The molecule has 1 unspecified atom stereocenters. The number of rotatable bonds is 5. The van der Waals surface area contributed by atoms with E-state index in [0.29, 0.717) is 12.3 Å². The summed E-state index contributed by atoms with van der Waals surface area (Å²) in [6, 6.07) is 13.5. The van der Waals surface area contributed by atoms with Gasteiger partial charge in [-0.3, -0.25) is 9.59 Å². The zero-order chi connectivity index (χ0) is 17.8. The van der Waals surface area contributed by atoms with Gasteiger partial charge in [0.05, 0.1) is 18.7 Å². The van der Waals surface area contributed by atoms with Crippen molar-refractivity contribution in [2.75, 3.05) is 18.6 Å². The summed E-state index contributed by atoms with van der Waals surface area (Å²) in [5.74, 6) is -0.744. The summed E-state index contributed by atoms with van der Waals surface area (Å²) in [4.78, 5) is 25.9. The first-order valence-electron chi connectivity index (χ1n) is 8.04. The first kappa shape index (κ1) is 17.0. The molecule has 0 saturated carbocycles. The Morgan fingerprint density at radius 3 is 2.72 bits per heavy atom. The normalized spacial score (nSPS) is 16.8. The van der Waals surface area contributed by atoms with Crippen molar-refractivity contribution >= 4 is 17.5 Å². The van der Waals surface area contributed by atoms with Gasteiger partial charge in [0.1, 0.15) is 11.6 Å². The minimum atomic E-state index is -0.498. The maximum Gasteiger partial charge on any atom is 0.227 e. The van der Waals surface area contributed by atoms with Gasteiger partial charge in [0, 0.05) is 25.1 Å². The quantitative estimate of drug-likeness (QED) is 0.908. The summed E-state index contributed by atoms with van der Waals surface area (Å²) < 4.78 is 19.1. The smallest absolute Gasteiger partial charge is 0.227 e. The van der Waals surface area contributed by atoms with Crippen LogP contribution in [0.2, 0.25) is 0 Å². The van der Waals surface area contributed by atoms with Gasteiger partial charge < -0.3 is 15.0 Å². The van der Waals surface area contributed by atoms with E-state index in [0.717, 1.165) is 5.56 Å². The molecule has 130 valence electrons. The Balaban J connectivity index is 1.64. The summed E-state index contributed by atoms with van der Waals surface area (Å²) >= 11 is 0. The van der Waals surface area contributed by atoms with Crippen LogP contribution >= 0.6 is 0 Å². The summed E-state index contributed by atoms with van der Waals surface area (Å²) in [6.07, 6.45) is 0.0755. The number of nitrogens with one attached hydrogen (secondary N) is 1. The van der Waals surface area contributed by atoms with E-state index in [1.54, 1.807) is 25.3 Å². The summed E-state index contributed by atoms with van der Waals surface area (Å²) in [5, 5.41) is 2.83. The zero-order valence-corrected chi connectivity index (χ0v) is 13.9. The van der Waals surface area contributed by atoms with Gasteiger partial charge in [-0.15, -0.1) is 0 Å². The van der Waals surface area contributed by atoms with Crippen LogP contribution in [0.25, 0.3) is 0 Å². The van der Waals surface area contributed by atoms with E-state index in [1.807, 2.05) is 24.3 Å². The molecule has 1 aliphatic heterocycles. The molecule has 2 aromatic carbocycles. The highest BCUT2D eigenvalue weighted by Gasteiger charge is 2.36. The third-order valence-corrected chi connectivity index (χ3v) is 4.28. The van der Waals surface area contributed by atoms with Gasteiger partial charge in [0.2, 0.25) is 11.8 Å². The highest BCUT2D eigenvalue weighted by molar-refractivity contribution is 6.00. The molecule has 0 bridgehead atoms. The molecule has 1 heterocycles. The molecule has 1 atom stereocenters. The lowest BCUT2D eigenvalue weighted by Gasteiger charge is -2.17. The first-order valence-corrected chi connectivity index (χ1v) is 8.04. The van der Waals surface area contributed by atoms with Gasteiger partial charge in [0.15, 0.2) is 0 Å². The Hall–Kier alpha value is -2.89. The van der Waals surface area contributed by atoms with Gasteiger partial charge >= 0.3 is 0 Å². The Kier molecular flexibility index (Phi) is 4.97. The third-order valence-electron chi connectivity index (χ3n) is 4.28. The molecular formula is C19H19FN2O3. The number of anilines is 1. The Morgan fingerprint density at radius 1 is 1.24 bits per heavy atom. The van der Waals surface area contributed by atoms with Gasteiger partial charge in [-0.05, 0) is 18.2 Å². The molecule has 0 spiro atoms. The number of methoxy groups -OCH3 is 1. The number of benzene rings is 2. The van der Waals surface area contributed by atoms with Gasteiger partial charge in [-0.25, -0.2) is 4.39 Å². The average Bonchev–Trinajstić information content (AvgIpc) is 3.02. The SMILES string of the molecule is COc1ccccc1CNC(=O)C1CC(=O)N(c2ccccc2F)C1. The van der Waals surface area contributed by atoms with Gasteiger partial charge in [0.25, 0.3) is 0 Å². The highest BCUT2D eigenvalue weighted by atomic mass is 19.1. The monoisotopic (exact) mass is 342 g/mol. The molecule has 1 aliphatic rings. The molecule has 1 saturated heterocycles. The van der Waals surface area contributed by atoms with Gasteiger partial charge in [-0.2, -0.15) is 0 Å². The van der Waals surface area contributed by atoms with Crippen molar-refractivity contribution in [1.29, 1.82) is 0 Å². The summed E-state index contributed by atoms with van der Waals surface area (Å²) in [5.41, 5.74) is 1.07. The number of hydrogen-bond acceptors (Lipinski definition) is 3. The minimum Gasteiger partial charge on any atom is -0.496 e. The Morgan fingerprint density at radius 2 is 1.96 bits per heavy atom. The molecule has 0 aliphatic carbocycles. The van der Waals surface area contributed by atoms with Crippen LogP contribution in [0.5, 0.6) is 5.75 Å². The van der Waals surface area contributed by atoms with Crippen LogP contribution in [-0.4, -0.2) is 25.5 Å². The Bertz CT molecular complexity index is 794. The number of halogens is 1. The number of nitrogens with zero attached hydrogens (tertiary/aromatic N) is 1. The van der Waals surface area contributed by atoms with Crippen LogP contribution in [-0.2, 0) is 16.1 Å². The van der Waals surface area contributed by atoms with Crippen molar-refractivity contribution in [3.05, 3.63) is 59.9 Å². The highest BCUT2D eigenvalue weighted by Crippen LogP contribution is 2.27. The second-order valence-corrected chi connectivity index (χ2v) is 5.89. The minimum absolute atomic E-state index is 0.0755. The fourth-order valence-electron chi connectivity index (χ4n) is 2.96. The second-order valence-electron chi connectivity index (χ2n) is 5.89. The van der Waals surface area contributed by atoms with E-state index in [4.69, 9.17) is 4.74 Å². The number of amides is 2. The van der Waals surface area contributed by atoms with Crippen LogP contribution in [0.4, 0.5) is 10.1 Å².